The lowest BCUT2D eigenvalue weighted by Crippen LogP contribution is -2.25. The Labute approximate surface area is 109 Å². The summed E-state index contributed by atoms with van der Waals surface area (Å²) < 4.78 is 10.6. The fraction of sp³-hybridized carbons (Fsp3) is 0.500. The minimum absolute atomic E-state index is 0.251. The Morgan fingerprint density at radius 1 is 1.33 bits per heavy atom. The summed E-state index contributed by atoms with van der Waals surface area (Å²) in [5, 5.41) is 0. The average Bonchev–Trinajstić information content (AvgIpc) is 2.41. The van der Waals surface area contributed by atoms with Crippen molar-refractivity contribution in [2.24, 2.45) is 10.7 Å². The molecule has 1 atom stereocenters. The first-order valence-electron chi connectivity index (χ1n) is 6.24. The third-order valence-corrected chi connectivity index (χ3v) is 2.51. The van der Waals surface area contributed by atoms with Crippen LogP contribution in [0.2, 0.25) is 0 Å². The third kappa shape index (κ3) is 4.85. The fourth-order valence-electron chi connectivity index (χ4n) is 1.65. The van der Waals surface area contributed by atoms with Crippen molar-refractivity contribution in [2.75, 3.05) is 26.9 Å². The fourth-order valence-corrected chi connectivity index (χ4v) is 1.65. The van der Waals surface area contributed by atoms with Crippen molar-refractivity contribution in [1.29, 1.82) is 0 Å². The topological polar surface area (TPSA) is 56.8 Å². The number of hydrogen-bond donors (Lipinski definition) is 1. The Kier molecular flexibility index (Phi) is 7.06. The smallest absolute Gasteiger partial charge is 0.139 e. The molecule has 0 aliphatic heterocycles. The van der Waals surface area contributed by atoms with Crippen molar-refractivity contribution in [2.45, 2.75) is 19.4 Å². The lowest BCUT2D eigenvalue weighted by Gasteiger charge is -2.17. The van der Waals surface area contributed by atoms with Crippen molar-refractivity contribution in [1.82, 2.24) is 0 Å². The van der Waals surface area contributed by atoms with Gasteiger partial charge in [0.05, 0.1) is 0 Å². The Balaban J connectivity index is 2.66. The van der Waals surface area contributed by atoms with Gasteiger partial charge in [0.2, 0.25) is 0 Å². The molecule has 0 aromatic heterocycles. The van der Waals surface area contributed by atoms with Gasteiger partial charge in [-0.1, -0.05) is 30.3 Å². The quantitative estimate of drug-likeness (QED) is 0.437. The highest BCUT2D eigenvalue weighted by molar-refractivity contribution is 5.86. The van der Waals surface area contributed by atoms with Gasteiger partial charge in [0.15, 0.2) is 0 Å². The van der Waals surface area contributed by atoms with Crippen LogP contribution in [-0.2, 0) is 9.47 Å². The SMILES string of the molecule is CCO[C@H](C(N)=NCCCOC)c1ccccc1. The molecular weight excluding hydrogens is 228 g/mol. The van der Waals surface area contributed by atoms with E-state index in [9.17, 15) is 0 Å². The van der Waals surface area contributed by atoms with Crippen LogP contribution in [-0.4, -0.2) is 32.7 Å². The molecule has 0 aliphatic carbocycles. The molecule has 0 spiro atoms. The monoisotopic (exact) mass is 250 g/mol. The molecule has 0 radical (unpaired) electrons. The van der Waals surface area contributed by atoms with Gasteiger partial charge < -0.3 is 15.2 Å². The van der Waals surface area contributed by atoms with Crippen LogP contribution in [0.1, 0.15) is 25.0 Å². The summed E-state index contributed by atoms with van der Waals surface area (Å²) in [7, 11) is 1.68. The van der Waals surface area contributed by atoms with Gasteiger partial charge in [-0.05, 0) is 18.9 Å². The van der Waals surface area contributed by atoms with E-state index < -0.39 is 0 Å². The number of ether oxygens (including phenoxy) is 2. The van der Waals surface area contributed by atoms with Crippen LogP contribution >= 0.6 is 0 Å². The molecule has 4 heteroatoms. The van der Waals surface area contributed by atoms with Crippen LogP contribution in [0.15, 0.2) is 35.3 Å². The Bertz CT molecular complexity index is 352. The van der Waals surface area contributed by atoms with Crippen molar-refractivity contribution in [3.8, 4) is 0 Å². The molecule has 4 nitrogen and oxygen atoms in total. The molecule has 1 aromatic rings. The second-order valence-corrected chi connectivity index (χ2v) is 3.90. The van der Waals surface area contributed by atoms with Crippen LogP contribution in [0.25, 0.3) is 0 Å². The van der Waals surface area contributed by atoms with E-state index in [1.165, 1.54) is 0 Å². The molecule has 18 heavy (non-hydrogen) atoms. The highest BCUT2D eigenvalue weighted by Gasteiger charge is 2.15. The van der Waals surface area contributed by atoms with Crippen molar-refractivity contribution < 1.29 is 9.47 Å². The van der Waals surface area contributed by atoms with Crippen LogP contribution in [0.5, 0.6) is 0 Å². The lowest BCUT2D eigenvalue weighted by atomic mass is 10.1. The summed E-state index contributed by atoms with van der Waals surface area (Å²) in [6.45, 7) is 3.92. The van der Waals surface area contributed by atoms with Crippen LogP contribution in [0.3, 0.4) is 0 Å². The van der Waals surface area contributed by atoms with E-state index in [0.717, 1.165) is 12.0 Å². The Hall–Kier alpha value is -1.39. The van der Waals surface area contributed by atoms with Gasteiger partial charge >= 0.3 is 0 Å². The highest BCUT2D eigenvalue weighted by atomic mass is 16.5. The second kappa shape index (κ2) is 8.66. The highest BCUT2D eigenvalue weighted by Crippen LogP contribution is 2.17. The average molecular weight is 250 g/mol. The summed E-state index contributed by atoms with van der Waals surface area (Å²) in [6.07, 6.45) is 0.615. The van der Waals surface area contributed by atoms with Crippen LogP contribution < -0.4 is 5.73 Å². The Morgan fingerprint density at radius 2 is 2.06 bits per heavy atom. The number of hydrogen-bond acceptors (Lipinski definition) is 3. The van der Waals surface area contributed by atoms with Gasteiger partial charge in [0, 0.05) is 26.9 Å². The number of benzene rings is 1. The van der Waals surface area contributed by atoms with Crippen molar-refractivity contribution in [3.05, 3.63) is 35.9 Å². The molecule has 0 bridgehead atoms. The number of amidine groups is 1. The number of methoxy groups -OCH3 is 1. The molecule has 0 fully saturated rings. The zero-order valence-corrected chi connectivity index (χ0v) is 11.1. The number of nitrogens with two attached hydrogens (primary N) is 1. The zero-order chi connectivity index (χ0) is 13.2. The maximum atomic E-state index is 6.00. The van der Waals surface area contributed by atoms with E-state index in [1.54, 1.807) is 7.11 Å². The second-order valence-electron chi connectivity index (χ2n) is 3.90. The largest absolute Gasteiger partial charge is 0.385 e. The molecule has 1 rings (SSSR count). The normalized spacial score (nSPS) is 13.6. The first-order chi connectivity index (χ1) is 8.79. The minimum Gasteiger partial charge on any atom is -0.385 e. The molecule has 0 amide bonds. The standard InChI is InChI=1S/C14H22N2O2/c1-3-18-13(12-8-5-4-6-9-12)14(15)16-10-7-11-17-2/h4-6,8-9,13H,3,7,10-11H2,1-2H3,(H2,15,16)/t13-/m0/s1. The van der Waals surface area contributed by atoms with Crippen LogP contribution in [0, 0.1) is 0 Å². The molecule has 0 heterocycles. The maximum Gasteiger partial charge on any atom is 0.139 e. The van der Waals surface area contributed by atoms with E-state index in [-0.39, 0.29) is 6.10 Å². The van der Waals surface area contributed by atoms with Gasteiger partial charge in [-0.3, -0.25) is 4.99 Å². The van der Waals surface area contributed by atoms with Gasteiger partial charge in [-0.15, -0.1) is 0 Å². The van der Waals surface area contributed by atoms with E-state index in [0.29, 0.717) is 25.6 Å². The molecule has 1 aromatic carbocycles. The van der Waals surface area contributed by atoms with Gasteiger partial charge in [-0.2, -0.15) is 0 Å². The van der Waals surface area contributed by atoms with Crippen molar-refractivity contribution in [3.63, 3.8) is 0 Å². The van der Waals surface area contributed by atoms with Crippen LogP contribution in [0.4, 0.5) is 0 Å². The molecule has 0 aliphatic rings. The predicted molar refractivity (Wildman–Crippen MR) is 73.8 cm³/mol. The minimum atomic E-state index is -0.251. The molecule has 2 N–H and O–H groups in total. The van der Waals surface area contributed by atoms with E-state index in [2.05, 4.69) is 4.99 Å². The van der Waals surface area contributed by atoms with E-state index in [1.807, 2.05) is 37.3 Å². The van der Waals surface area contributed by atoms with E-state index >= 15 is 0 Å². The third-order valence-electron chi connectivity index (χ3n) is 2.51. The number of rotatable bonds is 8. The zero-order valence-electron chi connectivity index (χ0n) is 11.1. The summed E-state index contributed by atoms with van der Waals surface area (Å²) >= 11 is 0. The molecular formula is C14H22N2O2. The maximum absolute atomic E-state index is 6.00. The summed E-state index contributed by atoms with van der Waals surface area (Å²) in [4.78, 5) is 4.35. The lowest BCUT2D eigenvalue weighted by molar-refractivity contribution is 0.109. The summed E-state index contributed by atoms with van der Waals surface area (Å²) in [5.74, 6) is 0.527. The first kappa shape index (κ1) is 14.7. The molecule has 0 saturated heterocycles. The summed E-state index contributed by atoms with van der Waals surface area (Å²) in [5.41, 5.74) is 7.04. The van der Waals surface area contributed by atoms with Gasteiger partial charge in [0.1, 0.15) is 11.9 Å². The number of aliphatic imine (C=N–C) groups is 1. The van der Waals surface area contributed by atoms with Gasteiger partial charge in [-0.25, -0.2) is 0 Å². The van der Waals surface area contributed by atoms with Crippen molar-refractivity contribution >= 4 is 5.84 Å². The molecule has 100 valence electrons. The Morgan fingerprint density at radius 3 is 2.67 bits per heavy atom. The summed E-state index contributed by atoms with van der Waals surface area (Å²) in [6, 6.07) is 9.91. The number of nitrogens with zero attached hydrogens (tertiary/aromatic N) is 1. The predicted octanol–water partition coefficient (Wildman–Crippen LogP) is 2.16. The van der Waals surface area contributed by atoms with E-state index in [4.69, 9.17) is 15.2 Å². The molecule has 0 unspecified atom stereocenters. The first-order valence-corrected chi connectivity index (χ1v) is 6.24. The molecule has 0 saturated carbocycles. The van der Waals surface area contributed by atoms with Gasteiger partial charge in [0.25, 0.3) is 0 Å².